The Bertz CT molecular complexity index is 1520. The van der Waals surface area contributed by atoms with Gasteiger partial charge in [-0.2, -0.15) is 13.2 Å². The van der Waals surface area contributed by atoms with Crippen LogP contribution in [0, 0.1) is 5.82 Å². The second kappa shape index (κ2) is 10.7. The largest absolute Gasteiger partial charge is 0.491 e. The third-order valence-corrected chi connectivity index (χ3v) is 5.91. The summed E-state index contributed by atoms with van der Waals surface area (Å²) < 4.78 is 62.5. The van der Waals surface area contributed by atoms with E-state index in [0.29, 0.717) is 11.0 Å². The van der Waals surface area contributed by atoms with Gasteiger partial charge in [-0.25, -0.2) is 9.37 Å². The van der Waals surface area contributed by atoms with Gasteiger partial charge in [0.25, 0.3) is 5.91 Å². The number of halogens is 4. The maximum Gasteiger partial charge on any atom is 0.424 e. The number of H-pyrrole nitrogens is 1. The Labute approximate surface area is 219 Å². The number of nitrogens with zero attached hydrogens (tertiary/aromatic N) is 2. The maximum atomic E-state index is 14.4. The molecule has 9 nitrogen and oxygen atoms in total. The summed E-state index contributed by atoms with van der Waals surface area (Å²) in [5.74, 6) is -2.44. The fraction of sp³-hybridized carbons (Fsp3) is 0.231. The van der Waals surface area contributed by atoms with Crippen molar-refractivity contribution in [2.24, 2.45) is 5.73 Å². The standard InChI is InChI=1S/C26H23F4N5O4/c1-2-39-23-15(12-20(31)36)11-19(35-21(23)14-3-5-16(27)6-4-14)25(38,26(28,29)30)13-34-24(37)17-7-9-32-18-8-10-33-22(17)18/h3-11,33,38H,2,12-13H2,1H3,(H2,31,36)(H,34,37)/t25-/m0/s1. The Morgan fingerprint density at radius 1 is 1.15 bits per heavy atom. The van der Waals surface area contributed by atoms with E-state index >= 15 is 0 Å². The van der Waals surface area contributed by atoms with Crippen LogP contribution in [0.2, 0.25) is 0 Å². The van der Waals surface area contributed by atoms with E-state index in [1.165, 1.54) is 30.6 Å². The normalized spacial score (nSPS) is 13.2. The fourth-order valence-corrected chi connectivity index (χ4v) is 4.01. The van der Waals surface area contributed by atoms with Crippen molar-refractivity contribution < 1.29 is 37.0 Å². The molecule has 0 bridgehead atoms. The molecule has 3 aromatic heterocycles. The third-order valence-electron chi connectivity index (χ3n) is 5.91. The molecule has 5 N–H and O–H groups in total. The van der Waals surface area contributed by atoms with E-state index in [4.69, 9.17) is 10.5 Å². The van der Waals surface area contributed by atoms with Gasteiger partial charge in [-0.05, 0) is 49.4 Å². The van der Waals surface area contributed by atoms with Gasteiger partial charge in [0.15, 0.2) is 0 Å². The van der Waals surface area contributed by atoms with E-state index in [1.54, 1.807) is 13.0 Å². The lowest BCUT2D eigenvalue weighted by molar-refractivity contribution is -0.265. The summed E-state index contributed by atoms with van der Waals surface area (Å²) in [4.78, 5) is 35.5. The molecule has 1 atom stereocenters. The van der Waals surface area contributed by atoms with E-state index in [-0.39, 0.29) is 34.7 Å². The molecule has 0 aliphatic heterocycles. The minimum atomic E-state index is -5.33. The Hall–Kier alpha value is -4.52. The number of hydrogen-bond donors (Lipinski definition) is 4. The van der Waals surface area contributed by atoms with E-state index < -0.39 is 48.1 Å². The number of amides is 2. The molecular weight excluding hydrogens is 522 g/mol. The maximum absolute atomic E-state index is 14.4. The number of carbonyl (C=O) groups excluding carboxylic acids is 2. The quantitative estimate of drug-likeness (QED) is 0.238. The van der Waals surface area contributed by atoms with Crippen molar-refractivity contribution in [3.8, 4) is 17.0 Å². The van der Waals surface area contributed by atoms with Crippen LogP contribution in [0.15, 0.2) is 54.9 Å². The lowest BCUT2D eigenvalue weighted by Crippen LogP contribution is -2.51. The van der Waals surface area contributed by atoms with Crippen LogP contribution in [-0.2, 0) is 16.8 Å². The Morgan fingerprint density at radius 2 is 1.87 bits per heavy atom. The monoisotopic (exact) mass is 545 g/mol. The Kier molecular flexibility index (Phi) is 7.54. The van der Waals surface area contributed by atoms with Crippen molar-refractivity contribution >= 4 is 22.8 Å². The molecule has 204 valence electrons. The summed E-state index contributed by atoms with van der Waals surface area (Å²) in [6.45, 7) is 0.345. The fourth-order valence-electron chi connectivity index (χ4n) is 4.01. The molecule has 0 radical (unpaired) electrons. The number of nitrogens with two attached hydrogens (primary N) is 1. The van der Waals surface area contributed by atoms with Gasteiger partial charge in [-0.15, -0.1) is 0 Å². The molecule has 2 amide bonds. The van der Waals surface area contributed by atoms with E-state index in [2.05, 4.69) is 20.3 Å². The van der Waals surface area contributed by atoms with E-state index in [1.807, 2.05) is 0 Å². The zero-order valence-electron chi connectivity index (χ0n) is 20.5. The number of pyridine rings is 2. The molecule has 0 unspecified atom stereocenters. The van der Waals surface area contributed by atoms with Crippen LogP contribution in [0.25, 0.3) is 22.3 Å². The van der Waals surface area contributed by atoms with Gasteiger partial charge in [0.1, 0.15) is 17.3 Å². The van der Waals surface area contributed by atoms with Crippen molar-refractivity contribution in [3.63, 3.8) is 0 Å². The van der Waals surface area contributed by atoms with Crippen LogP contribution >= 0.6 is 0 Å². The first-order chi connectivity index (χ1) is 18.4. The molecule has 39 heavy (non-hydrogen) atoms. The van der Waals surface area contributed by atoms with Crippen LogP contribution in [0.4, 0.5) is 17.6 Å². The second-order valence-corrected chi connectivity index (χ2v) is 8.56. The lowest BCUT2D eigenvalue weighted by Gasteiger charge is -2.31. The highest BCUT2D eigenvalue weighted by Gasteiger charge is 2.56. The van der Waals surface area contributed by atoms with Crippen LogP contribution in [0.1, 0.15) is 28.5 Å². The first-order valence-electron chi connectivity index (χ1n) is 11.7. The molecule has 1 aromatic carbocycles. The predicted molar refractivity (Wildman–Crippen MR) is 132 cm³/mol. The molecule has 0 spiro atoms. The number of aliphatic hydroxyl groups is 1. The number of rotatable bonds is 9. The summed E-state index contributed by atoms with van der Waals surface area (Å²) in [6, 6.07) is 8.42. The van der Waals surface area contributed by atoms with Gasteiger partial charge in [0, 0.05) is 23.5 Å². The Morgan fingerprint density at radius 3 is 2.51 bits per heavy atom. The first kappa shape index (κ1) is 27.5. The van der Waals surface area contributed by atoms with Crippen molar-refractivity contribution in [1.29, 1.82) is 0 Å². The van der Waals surface area contributed by atoms with E-state index in [9.17, 15) is 32.3 Å². The van der Waals surface area contributed by atoms with Crippen LogP contribution in [0.5, 0.6) is 5.75 Å². The van der Waals surface area contributed by atoms with Gasteiger partial charge in [0.2, 0.25) is 11.5 Å². The smallest absolute Gasteiger partial charge is 0.424 e. The average molecular weight is 545 g/mol. The molecule has 3 heterocycles. The number of aromatic amines is 1. The molecular formula is C26H23F4N5O4. The number of hydrogen-bond acceptors (Lipinski definition) is 6. The highest BCUT2D eigenvalue weighted by molar-refractivity contribution is 6.04. The van der Waals surface area contributed by atoms with Crippen molar-refractivity contribution in [2.45, 2.75) is 25.1 Å². The van der Waals surface area contributed by atoms with Gasteiger partial charge >= 0.3 is 6.18 Å². The SMILES string of the molecule is CCOc1c(CC(N)=O)cc([C@@](O)(CNC(=O)c2ccnc3cc[nH]c23)C(F)(F)F)nc1-c1ccc(F)cc1. The topological polar surface area (TPSA) is 143 Å². The van der Waals surface area contributed by atoms with Gasteiger partial charge in [-0.1, -0.05) is 0 Å². The molecule has 0 aliphatic carbocycles. The van der Waals surface area contributed by atoms with Crippen molar-refractivity contribution in [2.75, 3.05) is 13.2 Å². The van der Waals surface area contributed by atoms with Gasteiger partial charge in [-0.3, -0.25) is 14.6 Å². The highest BCUT2D eigenvalue weighted by Crippen LogP contribution is 2.42. The average Bonchev–Trinajstić information content (AvgIpc) is 3.36. The minimum absolute atomic E-state index is 0.00981. The lowest BCUT2D eigenvalue weighted by atomic mass is 9.93. The summed E-state index contributed by atoms with van der Waals surface area (Å²) in [5.41, 5.74) is 1.34. The predicted octanol–water partition coefficient (Wildman–Crippen LogP) is 3.37. The molecule has 4 rings (SSSR count). The number of primary amides is 1. The minimum Gasteiger partial charge on any atom is -0.491 e. The van der Waals surface area contributed by atoms with Crippen LogP contribution < -0.4 is 15.8 Å². The summed E-state index contributed by atoms with van der Waals surface area (Å²) >= 11 is 0. The molecule has 0 fully saturated rings. The molecule has 0 saturated carbocycles. The van der Waals surface area contributed by atoms with Crippen LogP contribution in [0.3, 0.4) is 0 Å². The number of nitrogens with one attached hydrogen (secondary N) is 2. The second-order valence-electron chi connectivity index (χ2n) is 8.56. The number of aromatic nitrogens is 3. The third kappa shape index (κ3) is 5.53. The molecule has 13 heteroatoms. The molecule has 0 aliphatic rings. The zero-order valence-corrected chi connectivity index (χ0v) is 20.5. The number of alkyl halides is 3. The first-order valence-corrected chi connectivity index (χ1v) is 11.7. The number of fused-ring (bicyclic) bond motifs is 1. The summed E-state index contributed by atoms with van der Waals surface area (Å²) in [7, 11) is 0. The van der Waals surface area contributed by atoms with E-state index in [0.717, 1.165) is 18.2 Å². The Balaban J connectivity index is 1.82. The highest BCUT2D eigenvalue weighted by atomic mass is 19.4. The number of ether oxygens (including phenoxy) is 1. The molecule has 4 aromatic rings. The number of benzene rings is 1. The van der Waals surface area contributed by atoms with Crippen LogP contribution in [-0.4, -0.2) is 51.2 Å². The van der Waals surface area contributed by atoms with Crippen molar-refractivity contribution in [3.05, 3.63) is 77.5 Å². The number of carbonyl (C=O) groups is 2. The summed E-state index contributed by atoms with van der Waals surface area (Å²) in [5, 5.41) is 13.2. The van der Waals surface area contributed by atoms with Gasteiger partial charge < -0.3 is 25.9 Å². The van der Waals surface area contributed by atoms with Gasteiger partial charge in [0.05, 0.1) is 41.9 Å². The summed E-state index contributed by atoms with van der Waals surface area (Å²) in [6.07, 6.45) is -3.03. The molecule has 0 saturated heterocycles. The zero-order chi connectivity index (χ0) is 28.4. The van der Waals surface area contributed by atoms with Crippen molar-refractivity contribution in [1.82, 2.24) is 20.3 Å².